The molecule has 7 nitrogen and oxygen atoms in total. The molecule has 1 amide bonds. The highest BCUT2D eigenvalue weighted by atomic mass is 32.2. The molecule has 31 heavy (non-hydrogen) atoms. The first kappa shape index (κ1) is 22.9. The SMILES string of the molecule is CC(C)N(c1ccc(N(C)C)c(C(=O)NCc2cccc(-c3nccs3)c2)c1)S(=O)[O-]. The molecule has 1 N–H and O–H groups in total. The third-order valence-corrected chi connectivity index (χ3v) is 6.43. The van der Waals surface area contributed by atoms with Crippen LogP contribution >= 0.6 is 11.3 Å². The van der Waals surface area contributed by atoms with Crippen LogP contribution < -0.4 is 14.5 Å². The van der Waals surface area contributed by atoms with E-state index in [0.717, 1.165) is 16.1 Å². The van der Waals surface area contributed by atoms with Crippen molar-refractivity contribution in [3.05, 3.63) is 65.2 Å². The van der Waals surface area contributed by atoms with Crippen LogP contribution in [0.3, 0.4) is 0 Å². The number of hydrogen-bond donors (Lipinski definition) is 1. The number of amides is 1. The van der Waals surface area contributed by atoms with Crippen molar-refractivity contribution in [2.24, 2.45) is 0 Å². The molecule has 1 heterocycles. The summed E-state index contributed by atoms with van der Waals surface area (Å²) in [4.78, 5) is 19.2. The number of benzene rings is 2. The fraction of sp³-hybridized carbons (Fsp3) is 0.273. The first-order valence-corrected chi connectivity index (χ1v) is 11.7. The Balaban J connectivity index is 1.84. The van der Waals surface area contributed by atoms with Crippen LogP contribution in [0.25, 0.3) is 10.6 Å². The molecular formula is C22H25N4O3S2-. The van der Waals surface area contributed by atoms with Crippen LogP contribution in [0, 0.1) is 0 Å². The topological polar surface area (TPSA) is 88.6 Å². The van der Waals surface area contributed by atoms with Crippen molar-refractivity contribution in [1.82, 2.24) is 10.3 Å². The Morgan fingerprint density at radius 3 is 2.61 bits per heavy atom. The largest absolute Gasteiger partial charge is 0.755 e. The lowest BCUT2D eigenvalue weighted by Gasteiger charge is -2.31. The lowest BCUT2D eigenvalue weighted by atomic mass is 10.1. The van der Waals surface area contributed by atoms with E-state index >= 15 is 0 Å². The smallest absolute Gasteiger partial charge is 0.253 e. The molecule has 0 saturated heterocycles. The molecule has 0 saturated carbocycles. The Bertz CT molecular complexity index is 1070. The summed E-state index contributed by atoms with van der Waals surface area (Å²) in [5.74, 6) is -0.273. The van der Waals surface area contributed by atoms with Crippen molar-refractivity contribution in [3.63, 3.8) is 0 Å². The number of carbonyl (C=O) groups is 1. The quantitative estimate of drug-likeness (QED) is 0.520. The number of carbonyl (C=O) groups excluding carboxylic acids is 1. The molecule has 0 fully saturated rings. The summed E-state index contributed by atoms with van der Waals surface area (Å²) >= 11 is -0.880. The zero-order valence-electron chi connectivity index (χ0n) is 17.9. The molecule has 0 aliphatic rings. The fourth-order valence-electron chi connectivity index (χ4n) is 3.25. The average Bonchev–Trinajstić information content (AvgIpc) is 3.26. The minimum Gasteiger partial charge on any atom is -0.755 e. The molecule has 164 valence electrons. The predicted octanol–water partition coefficient (Wildman–Crippen LogP) is 3.82. The number of aromatic nitrogens is 1. The summed E-state index contributed by atoms with van der Waals surface area (Å²) in [6.07, 6.45) is 1.76. The second-order valence-corrected chi connectivity index (χ2v) is 9.18. The van der Waals surface area contributed by atoms with Gasteiger partial charge in [0.05, 0.1) is 5.56 Å². The molecular weight excluding hydrogens is 432 g/mol. The van der Waals surface area contributed by atoms with Gasteiger partial charge in [0, 0.05) is 66.5 Å². The summed E-state index contributed by atoms with van der Waals surface area (Å²) < 4.78 is 24.6. The van der Waals surface area contributed by atoms with E-state index in [-0.39, 0.29) is 11.9 Å². The summed E-state index contributed by atoms with van der Waals surface area (Å²) in [6, 6.07) is 12.7. The van der Waals surface area contributed by atoms with Gasteiger partial charge in [0.15, 0.2) is 0 Å². The molecule has 1 atom stereocenters. The van der Waals surface area contributed by atoms with Crippen LogP contribution in [0.1, 0.15) is 29.8 Å². The third kappa shape index (κ3) is 5.49. The van der Waals surface area contributed by atoms with Gasteiger partial charge in [0.2, 0.25) is 0 Å². The van der Waals surface area contributed by atoms with E-state index in [9.17, 15) is 13.6 Å². The Hall–Kier alpha value is -2.75. The monoisotopic (exact) mass is 457 g/mol. The highest BCUT2D eigenvalue weighted by Crippen LogP contribution is 2.27. The molecule has 3 rings (SSSR count). The molecule has 0 bridgehead atoms. The van der Waals surface area contributed by atoms with Gasteiger partial charge >= 0.3 is 0 Å². The summed E-state index contributed by atoms with van der Waals surface area (Å²) in [5.41, 5.74) is 3.52. The van der Waals surface area contributed by atoms with Crippen LogP contribution in [0.4, 0.5) is 11.4 Å². The summed E-state index contributed by atoms with van der Waals surface area (Å²) in [6.45, 7) is 3.91. The molecule has 0 aliphatic carbocycles. The summed E-state index contributed by atoms with van der Waals surface area (Å²) in [7, 11) is 3.69. The van der Waals surface area contributed by atoms with E-state index < -0.39 is 11.3 Å². The molecule has 0 radical (unpaired) electrons. The van der Waals surface area contributed by atoms with Crippen LogP contribution in [0.5, 0.6) is 0 Å². The molecule has 1 unspecified atom stereocenters. The van der Waals surface area contributed by atoms with Gasteiger partial charge in [-0.2, -0.15) is 0 Å². The van der Waals surface area contributed by atoms with E-state index in [1.165, 1.54) is 4.31 Å². The second-order valence-electron chi connectivity index (χ2n) is 7.45. The predicted molar refractivity (Wildman–Crippen MR) is 126 cm³/mol. The third-order valence-electron chi connectivity index (χ3n) is 4.65. The molecule has 9 heteroatoms. The zero-order chi connectivity index (χ0) is 22.5. The first-order valence-electron chi connectivity index (χ1n) is 9.75. The van der Waals surface area contributed by atoms with Crippen molar-refractivity contribution in [1.29, 1.82) is 0 Å². The van der Waals surface area contributed by atoms with Gasteiger partial charge in [0.25, 0.3) is 5.91 Å². The van der Waals surface area contributed by atoms with Gasteiger partial charge in [-0.05, 0) is 43.7 Å². The number of hydrogen-bond acceptors (Lipinski definition) is 6. The minimum atomic E-state index is -2.44. The highest BCUT2D eigenvalue weighted by molar-refractivity contribution is 7.80. The van der Waals surface area contributed by atoms with Gasteiger partial charge < -0.3 is 19.1 Å². The van der Waals surface area contributed by atoms with Crippen molar-refractivity contribution in [2.75, 3.05) is 23.3 Å². The van der Waals surface area contributed by atoms with Crippen molar-refractivity contribution >= 4 is 39.9 Å². The molecule has 1 aromatic heterocycles. The van der Waals surface area contributed by atoms with Crippen LogP contribution in [-0.4, -0.2) is 39.8 Å². The number of thiazole rings is 1. The lowest BCUT2D eigenvalue weighted by Crippen LogP contribution is -2.33. The second kappa shape index (κ2) is 10.0. The van der Waals surface area contributed by atoms with Crippen LogP contribution in [0.2, 0.25) is 0 Å². The number of anilines is 2. The maximum Gasteiger partial charge on any atom is 0.253 e. The van der Waals surface area contributed by atoms with E-state index in [1.807, 2.05) is 48.6 Å². The Labute approximate surface area is 189 Å². The minimum absolute atomic E-state index is 0.270. The molecule has 0 spiro atoms. The van der Waals surface area contributed by atoms with E-state index in [2.05, 4.69) is 10.3 Å². The van der Waals surface area contributed by atoms with Gasteiger partial charge in [0.1, 0.15) is 5.01 Å². The molecule has 0 aliphatic heterocycles. The van der Waals surface area contributed by atoms with E-state index in [1.54, 1.807) is 49.6 Å². The Morgan fingerprint density at radius 1 is 1.23 bits per heavy atom. The Morgan fingerprint density at radius 2 is 2.00 bits per heavy atom. The zero-order valence-corrected chi connectivity index (χ0v) is 19.5. The van der Waals surface area contributed by atoms with Gasteiger partial charge in [-0.3, -0.25) is 9.00 Å². The first-order chi connectivity index (χ1) is 14.8. The molecule has 2 aromatic carbocycles. The number of nitrogens with one attached hydrogen (secondary N) is 1. The normalized spacial score (nSPS) is 11.9. The average molecular weight is 458 g/mol. The lowest BCUT2D eigenvalue weighted by molar-refractivity contribution is 0.0951. The Kier molecular flexibility index (Phi) is 7.42. The maximum atomic E-state index is 13.1. The fourth-order valence-corrected chi connectivity index (χ4v) is 4.51. The maximum absolute atomic E-state index is 13.1. The summed E-state index contributed by atoms with van der Waals surface area (Å²) in [5, 5.41) is 5.80. The van der Waals surface area contributed by atoms with E-state index in [4.69, 9.17) is 0 Å². The standard InChI is InChI=1S/C22H26N4O3S2/c1-15(2)26(31(28)29)18-8-9-20(25(3)4)19(13-18)21(27)24-14-16-6-5-7-17(12-16)22-23-10-11-30-22/h5-13,15H,14H2,1-4H3,(H,24,27)(H,28,29)/p-1. The van der Waals surface area contributed by atoms with Crippen molar-refractivity contribution in [2.45, 2.75) is 26.4 Å². The number of nitrogens with zero attached hydrogens (tertiary/aromatic N) is 3. The van der Waals surface area contributed by atoms with Gasteiger partial charge in [-0.1, -0.05) is 18.2 Å². The van der Waals surface area contributed by atoms with Gasteiger partial charge in [-0.15, -0.1) is 11.3 Å². The number of rotatable bonds is 8. The van der Waals surface area contributed by atoms with Crippen molar-refractivity contribution < 1.29 is 13.6 Å². The highest BCUT2D eigenvalue weighted by Gasteiger charge is 2.18. The van der Waals surface area contributed by atoms with Crippen LogP contribution in [0.15, 0.2) is 54.0 Å². The van der Waals surface area contributed by atoms with Gasteiger partial charge in [-0.25, -0.2) is 4.98 Å². The van der Waals surface area contributed by atoms with Crippen LogP contribution in [-0.2, 0) is 17.8 Å². The van der Waals surface area contributed by atoms with E-state index in [0.29, 0.717) is 23.5 Å². The van der Waals surface area contributed by atoms with Crippen molar-refractivity contribution in [3.8, 4) is 10.6 Å². The molecule has 3 aromatic rings.